The molecule has 2 aromatic rings. The Morgan fingerprint density at radius 3 is 2.52 bits per heavy atom. The van der Waals surface area contributed by atoms with Crippen LogP contribution in [0.5, 0.6) is 0 Å². The van der Waals surface area contributed by atoms with Gasteiger partial charge in [-0.05, 0) is 36.6 Å². The van der Waals surface area contributed by atoms with Crippen molar-refractivity contribution in [2.45, 2.75) is 25.7 Å². The summed E-state index contributed by atoms with van der Waals surface area (Å²) in [5, 5.41) is 6.00. The van der Waals surface area contributed by atoms with Crippen molar-refractivity contribution in [3.63, 3.8) is 0 Å². The van der Waals surface area contributed by atoms with Crippen LogP contribution >= 0.6 is 11.3 Å². The molecule has 0 unspecified atom stereocenters. The van der Waals surface area contributed by atoms with Crippen molar-refractivity contribution in [1.29, 1.82) is 0 Å². The summed E-state index contributed by atoms with van der Waals surface area (Å²) in [4.78, 5) is 13.3. The molecule has 1 amide bonds. The van der Waals surface area contributed by atoms with E-state index in [4.69, 9.17) is 0 Å². The number of benzene rings is 1. The number of rotatable bonds is 7. The maximum Gasteiger partial charge on any atom is 0.271 e. The molecule has 6 nitrogen and oxygen atoms in total. The first kappa shape index (κ1) is 19.3. The largest absolute Gasteiger partial charge is 0.271 e. The quantitative estimate of drug-likeness (QED) is 0.593. The van der Waals surface area contributed by atoms with E-state index in [9.17, 15) is 13.2 Å². The van der Waals surface area contributed by atoms with E-state index in [2.05, 4.69) is 10.5 Å². The first-order chi connectivity index (χ1) is 11.9. The first-order valence-electron chi connectivity index (χ1n) is 7.88. The Balaban J connectivity index is 2.21. The molecule has 1 N–H and O–H groups in total. The van der Waals surface area contributed by atoms with Crippen LogP contribution in [-0.4, -0.2) is 37.4 Å². The van der Waals surface area contributed by atoms with Gasteiger partial charge in [-0.15, -0.1) is 11.3 Å². The van der Waals surface area contributed by atoms with Crippen molar-refractivity contribution in [3.05, 3.63) is 52.2 Å². The molecule has 0 saturated carbocycles. The third-order valence-electron chi connectivity index (χ3n) is 3.64. The number of carbonyl (C=O) groups excluding carboxylic acids is 1. The van der Waals surface area contributed by atoms with Gasteiger partial charge >= 0.3 is 0 Å². The standard InChI is InChI=1S/C17H21N3O3S2/c1-4-20(5-2)25(22,23)15-9-6-8-14(12-15)17(21)19-18-13(3)16-10-7-11-24-16/h6-12H,4-5H2,1-3H3,(H,19,21)/b18-13-. The van der Waals surface area contributed by atoms with E-state index in [1.54, 1.807) is 32.9 Å². The number of nitrogens with zero attached hydrogens (tertiary/aromatic N) is 2. The summed E-state index contributed by atoms with van der Waals surface area (Å²) in [6, 6.07) is 9.80. The lowest BCUT2D eigenvalue weighted by atomic mass is 10.2. The second kappa shape index (κ2) is 8.37. The number of nitrogens with one attached hydrogen (secondary N) is 1. The fraction of sp³-hybridized carbons (Fsp3) is 0.294. The van der Waals surface area contributed by atoms with Crippen molar-refractivity contribution in [3.8, 4) is 0 Å². The summed E-state index contributed by atoms with van der Waals surface area (Å²) in [7, 11) is -3.60. The maximum atomic E-state index is 12.6. The molecule has 0 aliphatic rings. The molecule has 1 aromatic heterocycles. The molecule has 1 aromatic carbocycles. The van der Waals surface area contributed by atoms with Crippen LogP contribution in [0, 0.1) is 0 Å². The summed E-state index contributed by atoms with van der Waals surface area (Å²) in [5.41, 5.74) is 3.41. The van der Waals surface area contributed by atoms with Gasteiger partial charge in [0.1, 0.15) is 0 Å². The number of hydrazone groups is 1. The molecule has 0 aliphatic carbocycles. The molecule has 8 heteroatoms. The highest BCUT2D eigenvalue weighted by atomic mass is 32.2. The van der Waals surface area contributed by atoms with E-state index < -0.39 is 15.9 Å². The topological polar surface area (TPSA) is 78.8 Å². The van der Waals surface area contributed by atoms with E-state index in [1.807, 2.05) is 17.5 Å². The monoisotopic (exact) mass is 379 g/mol. The normalized spacial score (nSPS) is 12.4. The van der Waals surface area contributed by atoms with Crippen LogP contribution in [0.15, 0.2) is 51.8 Å². The third kappa shape index (κ3) is 4.53. The van der Waals surface area contributed by atoms with Crippen LogP contribution in [0.4, 0.5) is 0 Å². The molecule has 2 rings (SSSR count). The number of carbonyl (C=O) groups is 1. The van der Waals surface area contributed by atoms with Gasteiger partial charge in [-0.2, -0.15) is 9.41 Å². The van der Waals surface area contributed by atoms with Gasteiger partial charge in [0.25, 0.3) is 5.91 Å². The van der Waals surface area contributed by atoms with Gasteiger partial charge in [-0.3, -0.25) is 4.79 Å². The number of amides is 1. The molecule has 0 saturated heterocycles. The van der Waals surface area contributed by atoms with E-state index in [-0.39, 0.29) is 10.5 Å². The molecule has 0 atom stereocenters. The molecule has 25 heavy (non-hydrogen) atoms. The van der Waals surface area contributed by atoms with Crippen molar-refractivity contribution in [2.24, 2.45) is 5.10 Å². The van der Waals surface area contributed by atoms with Gasteiger partial charge in [0.2, 0.25) is 10.0 Å². The SMILES string of the molecule is CCN(CC)S(=O)(=O)c1cccc(C(=O)N/N=C(/C)c2cccs2)c1. The zero-order valence-electron chi connectivity index (χ0n) is 14.4. The molecule has 0 fully saturated rings. The minimum Gasteiger partial charge on any atom is -0.267 e. The highest BCUT2D eigenvalue weighted by Gasteiger charge is 2.22. The van der Waals surface area contributed by atoms with E-state index in [0.29, 0.717) is 18.8 Å². The van der Waals surface area contributed by atoms with Crippen molar-refractivity contribution in [2.75, 3.05) is 13.1 Å². The Morgan fingerprint density at radius 2 is 1.92 bits per heavy atom. The Bertz CT molecular complexity index is 855. The summed E-state index contributed by atoms with van der Waals surface area (Å²) in [5.74, 6) is -0.451. The summed E-state index contributed by atoms with van der Waals surface area (Å²) < 4.78 is 26.5. The van der Waals surface area contributed by atoms with Gasteiger partial charge in [0.15, 0.2) is 0 Å². The van der Waals surface area contributed by atoms with Gasteiger partial charge in [0.05, 0.1) is 10.6 Å². The molecular weight excluding hydrogens is 358 g/mol. The zero-order valence-corrected chi connectivity index (χ0v) is 16.0. The van der Waals surface area contributed by atoms with Gasteiger partial charge < -0.3 is 0 Å². The molecule has 0 bridgehead atoms. The van der Waals surface area contributed by atoms with Crippen molar-refractivity contribution >= 4 is 33.0 Å². The smallest absolute Gasteiger partial charge is 0.267 e. The molecule has 1 heterocycles. The highest BCUT2D eigenvalue weighted by Crippen LogP contribution is 2.17. The summed E-state index contributed by atoms with van der Waals surface area (Å²) in [6.45, 7) is 6.10. The zero-order chi connectivity index (χ0) is 18.4. The fourth-order valence-electron chi connectivity index (χ4n) is 2.25. The molecule has 0 aliphatic heterocycles. The van der Waals surface area contributed by atoms with Gasteiger partial charge in [-0.1, -0.05) is 26.0 Å². The predicted octanol–water partition coefficient (Wildman–Crippen LogP) is 2.93. The van der Waals surface area contributed by atoms with E-state index in [0.717, 1.165) is 4.88 Å². The van der Waals surface area contributed by atoms with Crippen molar-refractivity contribution < 1.29 is 13.2 Å². The second-order valence-corrected chi connectivity index (χ2v) is 8.12. The molecule has 0 radical (unpaired) electrons. The highest BCUT2D eigenvalue weighted by molar-refractivity contribution is 7.89. The summed E-state index contributed by atoms with van der Waals surface area (Å²) >= 11 is 1.53. The van der Waals surface area contributed by atoms with Crippen LogP contribution in [0.1, 0.15) is 36.0 Å². The number of hydrogen-bond acceptors (Lipinski definition) is 5. The van der Waals surface area contributed by atoms with Crippen LogP contribution in [0.25, 0.3) is 0 Å². The van der Waals surface area contributed by atoms with Gasteiger partial charge in [-0.25, -0.2) is 13.8 Å². The Hall–Kier alpha value is -2.03. The minimum atomic E-state index is -3.60. The van der Waals surface area contributed by atoms with E-state index in [1.165, 1.54) is 27.8 Å². The lowest BCUT2D eigenvalue weighted by Crippen LogP contribution is -2.30. The van der Waals surface area contributed by atoms with Crippen LogP contribution in [-0.2, 0) is 10.0 Å². The summed E-state index contributed by atoms with van der Waals surface area (Å²) in [6.07, 6.45) is 0. The minimum absolute atomic E-state index is 0.0998. The number of hydrogen-bond donors (Lipinski definition) is 1. The maximum absolute atomic E-state index is 12.6. The number of thiophene rings is 1. The predicted molar refractivity (Wildman–Crippen MR) is 101 cm³/mol. The lowest BCUT2D eigenvalue weighted by Gasteiger charge is -2.18. The average molecular weight is 380 g/mol. The third-order valence-corrected chi connectivity index (χ3v) is 6.67. The molecule has 134 valence electrons. The Kier molecular flexibility index (Phi) is 6.46. The molecular formula is C17H21N3O3S2. The first-order valence-corrected chi connectivity index (χ1v) is 10.2. The fourth-order valence-corrected chi connectivity index (χ4v) is 4.43. The van der Waals surface area contributed by atoms with Crippen LogP contribution in [0.2, 0.25) is 0 Å². The van der Waals surface area contributed by atoms with Crippen molar-refractivity contribution in [1.82, 2.24) is 9.73 Å². The van der Waals surface area contributed by atoms with Crippen LogP contribution < -0.4 is 5.43 Å². The second-order valence-electron chi connectivity index (χ2n) is 5.23. The van der Waals surface area contributed by atoms with Gasteiger partial charge in [0, 0.05) is 23.5 Å². The average Bonchev–Trinajstić information content (AvgIpc) is 3.15. The van der Waals surface area contributed by atoms with Crippen LogP contribution in [0.3, 0.4) is 0 Å². The number of sulfonamides is 1. The molecule has 0 spiro atoms. The Morgan fingerprint density at radius 1 is 1.20 bits per heavy atom. The lowest BCUT2D eigenvalue weighted by molar-refractivity contribution is 0.0954. The Labute approximate surface area is 152 Å². The van der Waals surface area contributed by atoms with E-state index >= 15 is 0 Å².